The number of amides is 1. The molecule has 8 heteroatoms. The summed E-state index contributed by atoms with van der Waals surface area (Å²) >= 11 is 0. The minimum absolute atomic E-state index is 0.285. The van der Waals surface area contributed by atoms with Crippen molar-refractivity contribution in [2.24, 2.45) is 0 Å². The van der Waals surface area contributed by atoms with Crippen molar-refractivity contribution in [1.29, 1.82) is 0 Å². The molecular formula is C24H31N3O5. The average molecular weight is 442 g/mol. The van der Waals surface area contributed by atoms with E-state index in [1.54, 1.807) is 44.4 Å². The third-order valence-corrected chi connectivity index (χ3v) is 5.56. The van der Waals surface area contributed by atoms with Gasteiger partial charge in [0.25, 0.3) is 5.91 Å². The number of ether oxygens (including phenoxy) is 3. The summed E-state index contributed by atoms with van der Waals surface area (Å²) in [5.74, 6) is 0.288. The van der Waals surface area contributed by atoms with Gasteiger partial charge in [-0.05, 0) is 49.9 Å². The number of hydrogen-bond acceptors (Lipinski definition) is 7. The molecule has 0 radical (unpaired) electrons. The Morgan fingerprint density at radius 1 is 0.906 bits per heavy atom. The number of nitrogens with zero attached hydrogens (tertiary/aromatic N) is 2. The maximum Gasteiger partial charge on any atom is 0.338 e. The van der Waals surface area contributed by atoms with Crippen LogP contribution >= 0.6 is 0 Å². The number of piperazine rings is 1. The van der Waals surface area contributed by atoms with Crippen LogP contribution in [0.4, 0.5) is 11.4 Å². The molecule has 0 saturated carbocycles. The molecule has 1 amide bonds. The zero-order valence-corrected chi connectivity index (χ0v) is 19.1. The monoisotopic (exact) mass is 441 g/mol. The lowest BCUT2D eigenvalue weighted by atomic mass is 10.1. The second-order valence-corrected chi connectivity index (χ2v) is 7.40. The molecule has 1 aliphatic rings. The largest absolute Gasteiger partial charge is 0.493 e. The maximum absolute atomic E-state index is 13.1. The first-order valence-electron chi connectivity index (χ1n) is 10.8. The smallest absolute Gasteiger partial charge is 0.338 e. The van der Waals surface area contributed by atoms with Gasteiger partial charge in [0, 0.05) is 31.7 Å². The maximum atomic E-state index is 13.1. The van der Waals surface area contributed by atoms with Crippen LogP contribution in [0.15, 0.2) is 36.4 Å². The summed E-state index contributed by atoms with van der Waals surface area (Å²) in [5.41, 5.74) is 2.26. The fourth-order valence-electron chi connectivity index (χ4n) is 3.73. The molecule has 0 atom stereocenters. The number of nitrogens with one attached hydrogen (secondary N) is 1. The molecule has 32 heavy (non-hydrogen) atoms. The predicted molar refractivity (Wildman–Crippen MR) is 124 cm³/mol. The number of rotatable bonds is 8. The summed E-state index contributed by atoms with van der Waals surface area (Å²) in [5, 5.41) is 2.98. The minimum atomic E-state index is -0.420. The Labute approximate surface area is 189 Å². The van der Waals surface area contributed by atoms with E-state index in [4.69, 9.17) is 14.2 Å². The fourth-order valence-corrected chi connectivity index (χ4v) is 3.73. The Hall–Kier alpha value is -3.26. The van der Waals surface area contributed by atoms with Crippen molar-refractivity contribution in [3.8, 4) is 11.5 Å². The quantitative estimate of drug-likeness (QED) is 0.630. The number of carbonyl (C=O) groups is 2. The Kier molecular flexibility index (Phi) is 7.94. The Morgan fingerprint density at radius 3 is 2.22 bits per heavy atom. The van der Waals surface area contributed by atoms with Crippen LogP contribution in [0.25, 0.3) is 0 Å². The summed E-state index contributed by atoms with van der Waals surface area (Å²) in [4.78, 5) is 30.0. The highest BCUT2D eigenvalue weighted by atomic mass is 16.5. The highest BCUT2D eigenvalue weighted by Gasteiger charge is 2.21. The molecule has 1 saturated heterocycles. The third kappa shape index (κ3) is 5.31. The lowest BCUT2D eigenvalue weighted by molar-refractivity contribution is 0.0526. The molecule has 0 aromatic heterocycles. The summed E-state index contributed by atoms with van der Waals surface area (Å²) in [6.45, 7) is 8.78. The van der Waals surface area contributed by atoms with Crippen molar-refractivity contribution < 1.29 is 23.8 Å². The number of esters is 1. The highest BCUT2D eigenvalue weighted by molar-refractivity contribution is 6.07. The van der Waals surface area contributed by atoms with Crippen molar-refractivity contribution in [1.82, 2.24) is 4.90 Å². The first-order valence-corrected chi connectivity index (χ1v) is 10.8. The summed E-state index contributed by atoms with van der Waals surface area (Å²) in [6.07, 6.45) is 0. The normalized spacial score (nSPS) is 14.1. The molecule has 8 nitrogen and oxygen atoms in total. The molecule has 172 valence electrons. The molecule has 2 aromatic carbocycles. The Morgan fingerprint density at radius 2 is 1.59 bits per heavy atom. The van der Waals surface area contributed by atoms with E-state index in [0.29, 0.717) is 28.3 Å². The molecule has 1 N–H and O–H groups in total. The minimum Gasteiger partial charge on any atom is -0.493 e. The highest BCUT2D eigenvalue weighted by Crippen LogP contribution is 2.31. The number of hydrogen-bond donors (Lipinski definition) is 1. The molecule has 0 unspecified atom stereocenters. The second kappa shape index (κ2) is 10.9. The summed E-state index contributed by atoms with van der Waals surface area (Å²) in [6, 6.07) is 10.3. The zero-order valence-electron chi connectivity index (χ0n) is 19.1. The molecule has 0 aliphatic carbocycles. The molecule has 3 rings (SSSR count). The summed E-state index contributed by atoms with van der Waals surface area (Å²) in [7, 11) is 3.07. The second-order valence-electron chi connectivity index (χ2n) is 7.40. The molecule has 1 aliphatic heterocycles. The van der Waals surface area contributed by atoms with Gasteiger partial charge >= 0.3 is 5.97 Å². The van der Waals surface area contributed by atoms with Gasteiger partial charge in [-0.1, -0.05) is 6.92 Å². The van der Waals surface area contributed by atoms with Gasteiger partial charge in [0.05, 0.1) is 37.8 Å². The number of benzene rings is 2. The van der Waals surface area contributed by atoms with E-state index < -0.39 is 5.97 Å². The van der Waals surface area contributed by atoms with Crippen molar-refractivity contribution >= 4 is 23.3 Å². The predicted octanol–water partition coefficient (Wildman–Crippen LogP) is 3.27. The zero-order chi connectivity index (χ0) is 23.1. The van der Waals surface area contributed by atoms with E-state index in [1.807, 2.05) is 6.07 Å². The van der Waals surface area contributed by atoms with Crippen LogP contribution in [-0.4, -0.2) is 70.3 Å². The standard InChI is InChI=1S/C24H31N3O5/c1-5-26-11-13-27(14-12-26)20-9-7-18(24(29)32-6-2)15-19(20)25-23(28)17-8-10-21(30-3)22(16-17)31-4/h7-10,15-16H,5-6,11-14H2,1-4H3,(H,25,28). The van der Waals surface area contributed by atoms with Crippen molar-refractivity contribution in [2.75, 3.05) is 63.8 Å². The molecular weight excluding hydrogens is 410 g/mol. The van der Waals surface area contributed by atoms with Gasteiger partial charge in [-0.2, -0.15) is 0 Å². The van der Waals surface area contributed by atoms with Crippen LogP contribution in [0.3, 0.4) is 0 Å². The van der Waals surface area contributed by atoms with E-state index >= 15 is 0 Å². The van der Waals surface area contributed by atoms with Crippen LogP contribution in [0.2, 0.25) is 0 Å². The van der Waals surface area contributed by atoms with Gasteiger partial charge in [0.1, 0.15) is 0 Å². The van der Waals surface area contributed by atoms with Crippen LogP contribution < -0.4 is 19.7 Å². The summed E-state index contributed by atoms with van der Waals surface area (Å²) < 4.78 is 15.7. The van der Waals surface area contributed by atoms with Crippen LogP contribution in [0.5, 0.6) is 11.5 Å². The van der Waals surface area contributed by atoms with E-state index in [0.717, 1.165) is 38.4 Å². The van der Waals surface area contributed by atoms with Crippen LogP contribution in [0.1, 0.15) is 34.6 Å². The first kappa shape index (κ1) is 23.4. The van der Waals surface area contributed by atoms with E-state index in [9.17, 15) is 9.59 Å². The molecule has 2 aromatic rings. The topological polar surface area (TPSA) is 80.3 Å². The third-order valence-electron chi connectivity index (χ3n) is 5.56. The number of anilines is 2. The van der Waals surface area contributed by atoms with Crippen LogP contribution in [0, 0.1) is 0 Å². The van der Waals surface area contributed by atoms with E-state index in [1.165, 1.54) is 7.11 Å². The first-order chi connectivity index (χ1) is 15.5. The Balaban J connectivity index is 1.90. The van der Waals surface area contributed by atoms with Crippen molar-refractivity contribution in [2.45, 2.75) is 13.8 Å². The van der Waals surface area contributed by atoms with Gasteiger partial charge < -0.3 is 29.3 Å². The lowest BCUT2D eigenvalue weighted by Crippen LogP contribution is -2.46. The van der Waals surface area contributed by atoms with Crippen molar-refractivity contribution in [3.63, 3.8) is 0 Å². The van der Waals surface area contributed by atoms with Gasteiger partial charge in [0.2, 0.25) is 0 Å². The number of carbonyl (C=O) groups excluding carboxylic acids is 2. The van der Waals surface area contributed by atoms with Crippen molar-refractivity contribution in [3.05, 3.63) is 47.5 Å². The SMILES string of the molecule is CCOC(=O)c1ccc(N2CCN(CC)CC2)c(NC(=O)c2ccc(OC)c(OC)c2)c1. The molecule has 1 fully saturated rings. The number of likely N-dealkylation sites (N-methyl/N-ethyl adjacent to an activating group) is 1. The van der Waals surface area contributed by atoms with E-state index in [2.05, 4.69) is 22.0 Å². The van der Waals surface area contributed by atoms with Gasteiger partial charge in [-0.25, -0.2) is 4.79 Å². The molecule has 1 heterocycles. The molecule has 0 bridgehead atoms. The van der Waals surface area contributed by atoms with Gasteiger partial charge in [-0.15, -0.1) is 0 Å². The lowest BCUT2D eigenvalue weighted by Gasteiger charge is -2.36. The van der Waals surface area contributed by atoms with Gasteiger partial charge in [-0.3, -0.25) is 4.79 Å². The number of methoxy groups -OCH3 is 2. The fraction of sp³-hybridized carbons (Fsp3) is 0.417. The Bertz CT molecular complexity index is 955. The molecule has 0 spiro atoms. The average Bonchev–Trinajstić information content (AvgIpc) is 2.83. The van der Waals surface area contributed by atoms with Gasteiger partial charge in [0.15, 0.2) is 11.5 Å². The van der Waals surface area contributed by atoms with Crippen LogP contribution in [-0.2, 0) is 4.74 Å². The van der Waals surface area contributed by atoms with E-state index in [-0.39, 0.29) is 12.5 Å².